The molecule has 0 radical (unpaired) electrons. The van der Waals surface area contributed by atoms with Crippen molar-refractivity contribution in [3.05, 3.63) is 12.2 Å². The summed E-state index contributed by atoms with van der Waals surface area (Å²) in [7, 11) is 0. The second-order valence-electron chi connectivity index (χ2n) is 5.67. The Balaban J connectivity index is 2.06. The number of fused-ring (bicyclic) bond motifs is 2. The molecule has 22 heavy (non-hydrogen) atoms. The highest BCUT2D eigenvalue weighted by Crippen LogP contribution is 2.48. The Bertz CT molecular complexity index is 541. The van der Waals surface area contributed by atoms with E-state index in [0.29, 0.717) is 6.42 Å². The van der Waals surface area contributed by atoms with Gasteiger partial charge in [-0.1, -0.05) is 12.2 Å². The Labute approximate surface area is 125 Å². The van der Waals surface area contributed by atoms with Crippen molar-refractivity contribution in [3.63, 3.8) is 0 Å². The number of carbonyl (C=O) groups excluding carboxylic acids is 1. The molecule has 5 unspecified atom stereocenters. The van der Waals surface area contributed by atoms with Gasteiger partial charge in [0.05, 0.1) is 11.8 Å². The fraction of sp³-hybridized carbons (Fsp3) is 0.571. The molecule has 0 aromatic carbocycles. The van der Waals surface area contributed by atoms with E-state index in [1.165, 1.54) is 0 Å². The third kappa shape index (κ3) is 3.10. The highest BCUT2D eigenvalue weighted by Gasteiger charge is 2.52. The second-order valence-corrected chi connectivity index (χ2v) is 5.67. The number of carbonyl (C=O) groups is 4. The Morgan fingerprint density at radius 1 is 1.05 bits per heavy atom. The minimum absolute atomic E-state index is 0.208. The molecule has 0 aromatic heterocycles. The molecule has 2 bridgehead atoms. The molecule has 5 atom stereocenters. The summed E-state index contributed by atoms with van der Waals surface area (Å²) in [5.41, 5.74) is 0. The van der Waals surface area contributed by atoms with Gasteiger partial charge in [0, 0.05) is 6.42 Å². The molecular formula is C14H17NO7. The van der Waals surface area contributed by atoms with Crippen LogP contribution in [0.3, 0.4) is 0 Å². The summed E-state index contributed by atoms with van der Waals surface area (Å²) < 4.78 is 0. The zero-order chi connectivity index (χ0) is 16.4. The Kier molecular flexibility index (Phi) is 4.48. The molecular weight excluding hydrogens is 294 g/mol. The quantitative estimate of drug-likeness (QED) is 0.483. The van der Waals surface area contributed by atoms with Crippen molar-refractivity contribution in [2.45, 2.75) is 25.3 Å². The molecule has 8 heteroatoms. The summed E-state index contributed by atoms with van der Waals surface area (Å²) in [5.74, 6) is -6.29. The molecule has 0 saturated heterocycles. The summed E-state index contributed by atoms with van der Waals surface area (Å²) in [6.07, 6.45) is 3.51. The van der Waals surface area contributed by atoms with Crippen LogP contribution in [0.5, 0.6) is 0 Å². The van der Waals surface area contributed by atoms with Crippen LogP contribution in [0.15, 0.2) is 12.2 Å². The number of hydrogen-bond acceptors (Lipinski definition) is 4. The summed E-state index contributed by atoms with van der Waals surface area (Å²) in [6, 6.07) is -1.33. The molecule has 8 nitrogen and oxygen atoms in total. The van der Waals surface area contributed by atoms with E-state index in [9.17, 15) is 24.3 Å². The first-order chi connectivity index (χ1) is 10.3. The first-order valence-electron chi connectivity index (χ1n) is 6.97. The summed E-state index contributed by atoms with van der Waals surface area (Å²) in [6.45, 7) is 0. The number of nitrogens with one attached hydrogen (secondary N) is 1. The molecule has 0 heterocycles. The SMILES string of the molecule is O=C(O)CCC(NC(=O)C1C2C=CC(C2)C1C(=O)O)C(=O)O. The molecule has 1 amide bonds. The van der Waals surface area contributed by atoms with Crippen LogP contribution in [0, 0.1) is 23.7 Å². The molecule has 1 fully saturated rings. The molecule has 2 aliphatic rings. The lowest BCUT2D eigenvalue weighted by Gasteiger charge is -2.25. The summed E-state index contributed by atoms with van der Waals surface area (Å²) >= 11 is 0. The molecule has 0 aliphatic heterocycles. The van der Waals surface area contributed by atoms with Gasteiger partial charge in [0.2, 0.25) is 5.91 Å². The molecule has 2 rings (SSSR count). The average molecular weight is 311 g/mol. The normalized spacial score (nSPS) is 30.0. The van der Waals surface area contributed by atoms with Crippen LogP contribution in [-0.4, -0.2) is 45.2 Å². The lowest BCUT2D eigenvalue weighted by molar-refractivity contribution is -0.149. The van der Waals surface area contributed by atoms with Gasteiger partial charge in [0.25, 0.3) is 0 Å². The fourth-order valence-corrected chi connectivity index (χ4v) is 3.31. The van der Waals surface area contributed by atoms with Crippen molar-refractivity contribution in [2.24, 2.45) is 23.7 Å². The van der Waals surface area contributed by atoms with Gasteiger partial charge in [0.1, 0.15) is 6.04 Å². The van der Waals surface area contributed by atoms with Gasteiger partial charge in [-0.25, -0.2) is 4.79 Å². The third-order valence-electron chi connectivity index (χ3n) is 4.31. The van der Waals surface area contributed by atoms with Crippen molar-refractivity contribution in [2.75, 3.05) is 0 Å². The minimum atomic E-state index is -1.33. The monoisotopic (exact) mass is 311 g/mol. The van der Waals surface area contributed by atoms with Gasteiger partial charge in [-0.05, 0) is 24.7 Å². The van der Waals surface area contributed by atoms with Gasteiger partial charge in [-0.15, -0.1) is 0 Å². The van der Waals surface area contributed by atoms with E-state index in [4.69, 9.17) is 10.2 Å². The Morgan fingerprint density at radius 3 is 2.14 bits per heavy atom. The second kappa shape index (κ2) is 6.17. The number of amides is 1. The van der Waals surface area contributed by atoms with Crippen molar-refractivity contribution in [1.29, 1.82) is 0 Å². The van der Waals surface area contributed by atoms with Crippen LogP contribution in [-0.2, 0) is 19.2 Å². The predicted molar refractivity (Wildman–Crippen MR) is 71.8 cm³/mol. The van der Waals surface area contributed by atoms with Crippen molar-refractivity contribution in [3.8, 4) is 0 Å². The fourth-order valence-electron chi connectivity index (χ4n) is 3.31. The van der Waals surface area contributed by atoms with Crippen LogP contribution in [0.25, 0.3) is 0 Å². The topological polar surface area (TPSA) is 141 Å². The van der Waals surface area contributed by atoms with E-state index in [-0.39, 0.29) is 18.3 Å². The number of allylic oxidation sites excluding steroid dienone is 2. The minimum Gasteiger partial charge on any atom is -0.481 e. The van der Waals surface area contributed by atoms with E-state index < -0.39 is 48.1 Å². The van der Waals surface area contributed by atoms with Crippen LogP contribution < -0.4 is 5.32 Å². The first-order valence-corrected chi connectivity index (χ1v) is 6.97. The zero-order valence-corrected chi connectivity index (χ0v) is 11.6. The van der Waals surface area contributed by atoms with Gasteiger partial charge in [-0.2, -0.15) is 0 Å². The van der Waals surface area contributed by atoms with E-state index in [1.54, 1.807) is 12.2 Å². The van der Waals surface area contributed by atoms with Crippen LogP contribution in [0.2, 0.25) is 0 Å². The van der Waals surface area contributed by atoms with Gasteiger partial charge < -0.3 is 20.6 Å². The average Bonchev–Trinajstić information content (AvgIpc) is 3.02. The van der Waals surface area contributed by atoms with E-state index in [2.05, 4.69) is 5.32 Å². The highest BCUT2D eigenvalue weighted by molar-refractivity contribution is 5.90. The van der Waals surface area contributed by atoms with Crippen molar-refractivity contribution >= 4 is 23.8 Å². The third-order valence-corrected chi connectivity index (χ3v) is 4.31. The Hall–Kier alpha value is -2.38. The van der Waals surface area contributed by atoms with Gasteiger partial charge in [0.15, 0.2) is 0 Å². The highest BCUT2D eigenvalue weighted by atomic mass is 16.4. The summed E-state index contributed by atoms with van der Waals surface area (Å²) in [4.78, 5) is 45.2. The van der Waals surface area contributed by atoms with Gasteiger partial charge in [-0.3, -0.25) is 14.4 Å². The van der Waals surface area contributed by atoms with Gasteiger partial charge >= 0.3 is 17.9 Å². The van der Waals surface area contributed by atoms with Crippen LogP contribution in [0.1, 0.15) is 19.3 Å². The number of rotatable bonds is 7. The largest absolute Gasteiger partial charge is 0.481 e. The standard InChI is InChI=1S/C14H17NO7/c16-9(17)4-3-8(13(19)20)15-12(18)10-6-1-2-7(5-6)11(10)14(21)22/h1-2,6-8,10-11H,3-5H2,(H,15,18)(H,16,17)(H,19,20)(H,21,22). The first kappa shape index (κ1) is 16.0. The van der Waals surface area contributed by atoms with Crippen molar-refractivity contribution in [1.82, 2.24) is 5.32 Å². The number of carboxylic acids is 3. The Morgan fingerprint density at radius 2 is 1.64 bits per heavy atom. The predicted octanol–water partition coefficient (Wildman–Crippen LogP) is -0.0565. The van der Waals surface area contributed by atoms with Crippen molar-refractivity contribution < 1.29 is 34.5 Å². The van der Waals surface area contributed by atoms with E-state index in [0.717, 1.165) is 0 Å². The van der Waals surface area contributed by atoms with E-state index in [1.807, 2.05) is 0 Å². The maximum Gasteiger partial charge on any atom is 0.326 e. The number of aliphatic carboxylic acids is 3. The van der Waals surface area contributed by atoms with Crippen LogP contribution >= 0.6 is 0 Å². The zero-order valence-electron chi connectivity index (χ0n) is 11.6. The number of carboxylic acid groups (broad SMARTS) is 3. The van der Waals surface area contributed by atoms with E-state index >= 15 is 0 Å². The maximum atomic E-state index is 12.3. The molecule has 2 aliphatic carbocycles. The number of hydrogen-bond donors (Lipinski definition) is 4. The van der Waals surface area contributed by atoms with Crippen LogP contribution in [0.4, 0.5) is 0 Å². The summed E-state index contributed by atoms with van der Waals surface area (Å²) in [5, 5.41) is 29.2. The molecule has 0 spiro atoms. The maximum absolute atomic E-state index is 12.3. The smallest absolute Gasteiger partial charge is 0.326 e. The lowest BCUT2D eigenvalue weighted by Crippen LogP contribution is -2.47. The molecule has 0 aromatic rings. The molecule has 4 N–H and O–H groups in total. The lowest BCUT2D eigenvalue weighted by atomic mass is 9.82. The molecule has 120 valence electrons. The molecule has 1 saturated carbocycles.